The van der Waals surface area contributed by atoms with Crippen molar-refractivity contribution in [2.45, 2.75) is 0 Å². The van der Waals surface area contributed by atoms with Gasteiger partial charge in [0.2, 0.25) is 5.91 Å². The number of hydrogen-bond donors (Lipinski definition) is 3. The minimum absolute atomic E-state index is 0.325. The SMILES string of the molecule is O=C(C=CCl)Nc1ccc2ncnc(Nc3ccc(Nc4ccccc4)c(Cl)c3)c2c1. The standard InChI is InChI=1S/C23H17Cl2N5O/c24-11-10-22(31)29-16-6-8-20-18(12-16)23(27-14-26-20)30-17-7-9-21(19(25)13-17)28-15-4-2-1-3-5-15/h1-14,28H,(H,29,31)(H,26,27,30). The third-order valence-electron chi connectivity index (χ3n) is 4.40. The van der Waals surface area contributed by atoms with Gasteiger partial charge in [0.15, 0.2) is 0 Å². The van der Waals surface area contributed by atoms with Crippen LogP contribution in [0.25, 0.3) is 10.9 Å². The number of fused-ring (bicyclic) bond motifs is 1. The summed E-state index contributed by atoms with van der Waals surface area (Å²) in [6.45, 7) is 0. The molecule has 1 amide bonds. The first-order chi connectivity index (χ1) is 15.1. The fourth-order valence-corrected chi connectivity index (χ4v) is 3.33. The zero-order chi connectivity index (χ0) is 21.6. The third kappa shape index (κ3) is 5.12. The van der Waals surface area contributed by atoms with Gasteiger partial charge in [-0.2, -0.15) is 0 Å². The molecule has 0 fully saturated rings. The molecule has 1 heterocycles. The Morgan fingerprint density at radius 3 is 2.45 bits per heavy atom. The molecule has 31 heavy (non-hydrogen) atoms. The summed E-state index contributed by atoms with van der Waals surface area (Å²) < 4.78 is 0. The van der Waals surface area contributed by atoms with Crippen molar-refractivity contribution in [3.8, 4) is 0 Å². The number of rotatable bonds is 6. The fourth-order valence-electron chi connectivity index (χ4n) is 2.98. The molecule has 4 rings (SSSR count). The lowest BCUT2D eigenvalue weighted by molar-refractivity contribution is -0.111. The summed E-state index contributed by atoms with van der Waals surface area (Å²) in [6, 6.07) is 20.8. The molecule has 8 heteroatoms. The van der Waals surface area contributed by atoms with Gasteiger partial charge in [-0.15, -0.1) is 0 Å². The average molecular weight is 450 g/mol. The Labute approximate surface area is 188 Å². The van der Waals surface area contributed by atoms with Crippen molar-refractivity contribution in [2.75, 3.05) is 16.0 Å². The molecule has 0 bridgehead atoms. The van der Waals surface area contributed by atoms with Gasteiger partial charge in [-0.1, -0.05) is 41.4 Å². The van der Waals surface area contributed by atoms with E-state index in [4.69, 9.17) is 23.2 Å². The van der Waals surface area contributed by atoms with Crippen molar-refractivity contribution in [2.24, 2.45) is 0 Å². The van der Waals surface area contributed by atoms with Gasteiger partial charge >= 0.3 is 0 Å². The summed E-state index contributed by atoms with van der Waals surface area (Å²) in [5, 5.41) is 10.6. The highest BCUT2D eigenvalue weighted by molar-refractivity contribution is 6.33. The van der Waals surface area contributed by atoms with Crippen LogP contribution in [0.2, 0.25) is 5.02 Å². The number of halogens is 2. The van der Waals surface area contributed by atoms with E-state index in [1.807, 2.05) is 54.6 Å². The zero-order valence-corrected chi connectivity index (χ0v) is 17.7. The number of nitrogens with zero attached hydrogens (tertiary/aromatic N) is 2. The molecule has 0 aliphatic carbocycles. The predicted octanol–water partition coefficient (Wildman–Crippen LogP) is 6.46. The number of carbonyl (C=O) groups is 1. The van der Waals surface area contributed by atoms with Crippen molar-refractivity contribution >= 4 is 68.6 Å². The normalized spacial score (nSPS) is 10.9. The predicted molar refractivity (Wildman–Crippen MR) is 128 cm³/mol. The highest BCUT2D eigenvalue weighted by Crippen LogP contribution is 2.31. The average Bonchev–Trinajstić information content (AvgIpc) is 2.77. The molecule has 0 unspecified atom stereocenters. The largest absolute Gasteiger partial charge is 0.354 e. The van der Waals surface area contributed by atoms with E-state index in [-0.39, 0.29) is 5.91 Å². The summed E-state index contributed by atoms with van der Waals surface area (Å²) in [5.41, 5.74) is 5.01. The summed E-state index contributed by atoms with van der Waals surface area (Å²) in [4.78, 5) is 20.4. The number of hydrogen-bond acceptors (Lipinski definition) is 5. The van der Waals surface area contributed by atoms with Crippen LogP contribution in [0.1, 0.15) is 0 Å². The van der Waals surface area contributed by atoms with E-state index in [9.17, 15) is 4.79 Å². The Hall–Kier alpha value is -3.61. The topological polar surface area (TPSA) is 78.9 Å². The second kappa shape index (κ2) is 9.47. The molecule has 0 aliphatic rings. The maximum absolute atomic E-state index is 11.8. The summed E-state index contributed by atoms with van der Waals surface area (Å²) in [7, 11) is 0. The van der Waals surface area contributed by atoms with Gasteiger partial charge in [-0.25, -0.2) is 9.97 Å². The molecule has 1 aromatic heterocycles. The van der Waals surface area contributed by atoms with Crippen LogP contribution in [-0.4, -0.2) is 15.9 Å². The first-order valence-electron chi connectivity index (χ1n) is 9.33. The van der Waals surface area contributed by atoms with Gasteiger partial charge in [-0.05, 0) is 48.5 Å². The maximum Gasteiger partial charge on any atom is 0.249 e. The minimum Gasteiger partial charge on any atom is -0.354 e. The van der Waals surface area contributed by atoms with Crippen LogP contribution in [-0.2, 0) is 4.79 Å². The fraction of sp³-hybridized carbons (Fsp3) is 0. The Balaban J connectivity index is 1.59. The summed E-state index contributed by atoms with van der Waals surface area (Å²) in [5.74, 6) is 0.266. The highest BCUT2D eigenvalue weighted by atomic mass is 35.5. The van der Waals surface area contributed by atoms with Crippen molar-refractivity contribution in [3.05, 3.63) is 89.7 Å². The van der Waals surface area contributed by atoms with Gasteiger partial charge in [-0.3, -0.25) is 4.79 Å². The smallest absolute Gasteiger partial charge is 0.249 e. The molecule has 0 aliphatic heterocycles. The molecule has 0 radical (unpaired) electrons. The Morgan fingerprint density at radius 2 is 1.68 bits per heavy atom. The quantitative estimate of drug-likeness (QED) is 0.294. The third-order valence-corrected chi connectivity index (χ3v) is 4.84. The van der Waals surface area contributed by atoms with E-state index < -0.39 is 0 Å². The molecule has 3 N–H and O–H groups in total. The first-order valence-corrected chi connectivity index (χ1v) is 10.1. The highest BCUT2D eigenvalue weighted by Gasteiger charge is 2.08. The molecule has 6 nitrogen and oxygen atoms in total. The Kier molecular flexibility index (Phi) is 6.31. The second-order valence-electron chi connectivity index (χ2n) is 6.55. The first kappa shape index (κ1) is 20.7. The van der Waals surface area contributed by atoms with Crippen LogP contribution >= 0.6 is 23.2 Å². The number of benzene rings is 3. The number of amides is 1. The number of aromatic nitrogens is 2. The van der Waals surface area contributed by atoms with Gasteiger partial charge < -0.3 is 16.0 Å². The van der Waals surface area contributed by atoms with Gasteiger partial charge in [0.1, 0.15) is 12.1 Å². The van der Waals surface area contributed by atoms with E-state index in [0.717, 1.165) is 33.5 Å². The van der Waals surface area contributed by atoms with E-state index >= 15 is 0 Å². The molecular weight excluding hydrogens is 433 g/mol. The van der Waals surface area contributed by atoms with Crippen molar-refractivity contribution in [1.29, 1.82) is 0 Å². The van der Waals surface area contributed by atoms with Crippen LogP contribution in [0, 0.1) is 0 Å². The molecule has 3 aromatic carbocycles. The molecule has 154 valence electrons. The summed E-state index contributed by atoms with van der Waals surface area (Å²) in [6.07, 6.45) is 2.71. The zero-order valence-electron chi connectivity index (χ0n) is 16.1. The molecular formula is C23H17Cl2N5O. The van der Waals surface area contributed by atoms with E-state index in [1.54, 1.807) is 12.1 Å². The minimum atomic E-state index is -0.325. The van der Waals surface area contributed by atoms with Crippen LogP contribution in [0.5, 0.6) is 0 Å². The van der Waals surface area contributed by atoms with Crippen LogP contribution in [0.15, 0.2) is 84.7 Å². The number of anilines is 5. The van der Waals surface area contributed by atoms with Crippen molar-refractivity contribution < 1.29 is 4.79 Å². The van der Waals surface area contributed by atoms with E-state index in [1.165, 1.54) is 12.4 Å². The van der Waals surface area contributed by atoms with E-state index in [2.05, 4.69) is 25.9 Å². The second-order valence-corrected chi connectivity index (χ2v) is 7.21. The number of para-hydroxylation sites is 1. The van der Waals surface area contributed by atoms with Crippen LogP contribution in [0.4, 0.5) is 28.6 Å². The molecule has 0 spiro atoms. The number of nitrogens with one attached hydrogen (secondary N) is 3. The monoisotopic (exact) mass is 449 g/mol. The Bertz CT molecular complexity index is 1260. The number of carbonyl (C=O) groups excluding carboxylic acids is 1. The van der Waals surface area contributed by atoms with Crippen LogP contribution < -0.4 is 16.0 Å². The van der Waals surface area contributed by atoms with Gasteiger partial charge in [0.05, 0.1) is 16.2 Å². The van der Waals surface area contributed by atoms with Gasteiger partial charge in [0, 0.05) is 34.1 Å². The van der Waals surface area contributed by atoms with Crippen LogP contribution in [0.3, 0.4) is 0 Å². The lowest BCUT2D eigenvalue weighted by Crippen LogP contribution is -2.07. The summed E-state index contributed by atoms with van der Waals surface area (Å²) >= 11 is 11.9. The lowest BCUT2D eigenvalue weighted by Gasteiger charge is -2.13. The Morgan fingerprint density at radius 1 is 0.871 bits per heavy atom. The maximum atomic E-state index is 11.8. The molecule has 0 atom stereocenters. The molecule has 4 aromatic rings. The van der Waals surface area contributed by atoms with Gasteiger partial charge in [0.25, 0.3) is 0 Å². The van der Waals surface area contributed by atoms with E-state index in [0.29, 0.717) is 16.5 Å². The lowest BCUT2D eigenvalue weighted by atomic mass is 10.2. The van der Waals surface area contributed by atoms with Crippen molar-refractivity contribution in [1.82, 2.24) is 9.97 Å². The molecule has 0 saturated heterocycles. The van der Waals surface area contributed by atoms with Crippen molar-refractivity contribution in [3.63, 3.8) is 0 Å². The molecule has 0 saturated carbocycles.